The summed E-state index contributed by atoms with van der Waals surface area (Å²) in [6.07, 6.45) is 2.94. The van der Waals surface area contributed by atoms with E-state index in [1.807, 2.05) is 24.3 Å². The van der Waals surface area contributed by atoms with Crippen LogP contribution < -0.4 is 4.72 Å². The van der Waals surface area contributed by atoms with Gasteiger partial charge in [0.05, 0.1) is 4.91 Å². The Kier molecular flexibility index (Phi) is 4.33. The maximum Gasteiger partial charge on any atom is 0.237 e. The fourth-order valence-corrected chi connectivity index (χ4v) is 4.15. The molecule has 0 aromatic heterocycles. The summed E-state index contributed by atoms with van der Waals surface area (Å²) in [7, 11) is -3.57. The van der Waals surface area contributed by atoms with Crippen LogP contribution in [0.15, 0.2) is 53.4 Å². The Morgan fingerprint density at radius 1 is 1.04 bits per heavy atom. The summed E-state index contributed by atoms with van der Waals surface area (Å²) < 4.78 is 40.8. The lowest BCUT2D eigenvalue weighted by Crippen LogP contribution is -2.28. The fraction of sp³-hybridized carbons (Fsp3) is 0.222. The van der Waals surface area contributed by atoms with Gasteiger partial charge in [-0.3, -0.25) is 0 Å². The van der Waals surface area contributed by atoms with Gasteiger partial charge in [0, 0.05) is 6.04 Å². The molecule has 0 saturated carbocycles. The van der Waals surface area contributed by atoms with E-state index in [4.69, 9.17) is 0 Å². The number of aryl methyl sites for hydroxylation is 1. The first-order valence-corrected chi connectivity index (χ1v) is 9.00. The van der Waals surface area contributed by atoms with Gasteiger partial charge < -0.3 is 0 Å². The van der Waals surface area contributed by atoms with E-state index in [9.17, 15) is 12.8 Å². The average molecular weight is 331 g/mol. The molecule has 0 radical (unpaired) electrons. The molecule has 5 heteroatoms. The molecule has 0 heterocycles. The van der Waals surface area contributed by atoms with Crippen molar-refractivity contribution in [1.82, 2.24) is 4.72 Å². The minimum atomic E-state index is -3.57. The molecule has 1 atom stereocenters. The molecule has 0 amide bonds. The molecule has 2 aromatic carbocycles. The van der Waals surface area contributed by atoms with Crippen LogP contribution >= 0.6 is 0 Å². The number of rotatable bonds is 4. The van der Waals surface area contributed by atoms with E-state index in [0.29, 0.717) is 17.7 Å². The quantitative estimate of drug-likeness (QED) is 0.926. The molecule has 0 saturated heterocycles. The van der Waals surface area contributed by atoms with E-state index in [-0.39, 0.29) is 5.82 Å². The molecule has 2 aromatic rings. The van der Waals surface area contributed by atoms with E-state index >= 15 is 0 Å². The van der Waals surface area contributed by atoms with Crippen LogP contribution in [0.3, 0.4) is 0 Å². The predicted octanol–water partition coefficient (Wildman–Crippen LogP) is 3.79. The molecule has 0 bridgehead atoms. The Labute approximate surface area is 135 Å². The number of benzene rings is 2. The van der Waals surface area contributed by atoms with Crippen LogP contribution in [0.4, 0.5) is 4.39 Å². The minimum absolute atomic E-state index is 0.338. The van der Waals surface area contributed by atoms with Crippen molar-refractivity contribution in [2.24, 2.45) is 0 Å². The molecule has 1 N–H and O–H groups in total. The van der Waals surface area contributed by atoms with Crippen LogP contribution in [0, 0.1) is 5.82 Å². The highest BCUT2D eigenvalue weighted by Gasteiger charge is 2.23. The SMILES string of the molecule is C[C@@H](NS(=O)(=O)C1=Cc2ccccc2CC1)c1ccc(F)cc1. The number of hydrogen-bond donors (Lipinski definition) is 1. The zero-order valence-electron chi connectivity index (χ0n) is 12.8. The number of halogens is 1. The van der Waals surface area contributed by atoms with Crippen molar-refractivity contribution in [1.29, 1.82) is 0 Å². The van der Waals surface area contributed by atoms with Gasteiger partial charge in [-0.25, -0.2) is 17.5 Å². The van der Waals surface area contributed by atoms with Gasteiger partial charge in [0.15, 0.2) is 0 Å². The second-order valence-electron chi connectivity index (χ2n) is 5.70. The molecule has 23 heavy (non-hydrogen) atoms. The lowest BCUT2D eigenvalue weighted by atomic mass is 9.98. The lowest BCUT2D eigenvalue weighted by molar-refractivity contribution is 0.571. The zero-order valence-corrected chi connectivity index (χ0v) is 13.6. The second kappa shape index (κ2) is 6.26. The summed E-state index contributed by atoms with van der Waals surface area (Å²) in [5, 5.41) is 0. The van der Waals surface area contributed by atoms with Gasteiger partial charge in [0.1, 0.15) is 5.82 Å². The predicted molar refractivity (Wildman–Crippen MR) is 89.6 cm³/mol. The van der Waals surface area contributed by atoms with Gasteiger partial charge in [0.2, 0.25) is 10.0 Å². The molecule has 3 rings (SSSR count). The van der Waals surface area contributed by atoms with E-state index in [1.165, 1.54) is 12.1 Å². The van der Waals surface area contributed by atoms with Crippen molar-refractivity contribution in [3.63, 3.8) is 0 Å². The van der Waals surface area contributed by atoms with Crippen LogP contribution in [-0.4, -0.2) is 8.42 Å². The number of allylic oxidation sites excluding steroid dienone is 1. The third-order valence-corrected chi connectivity index (χ3v) is 5.74. The van der Waals surface area contributed by atoms with Gasteiger partial charge in [0.25, 0.3) is 0 Å². The monoisotopic (exact) mass is 331 g/mol. The highest BCUT2D eigenvalue weighted by Crippen LogP contribution is 2.27. The van der Waals surface area contributed by atoms with Crippen molar-refractivity contribution in [3.8, 4) is 0 Å². The van der Waals surface area contributed by atoms with Gasteiger partial charge in [-0.1, -0.05) is 36.4 Å². The number of fused-ring (bicyclic) bond motifs is 1. The lowest BCUT2D eigenvalue weighted by Gasteiger charge is -2.20. The van der Waals surface area contributed by atoms with Gasteiger partial charge in [-0.15, -0.1) is 0 Å². The highest BCUT2D eigenvalue weighted by atomic mass is 32.2. The van der Waals surface area contributed by atoms with Crippen LogP contribution in [-0.2, 0) is 16.4 Å². The first-order valence-electron chi connectivity index (χ1n) is 7.52. The first kappa shape index (κ1) is 15.9. The Balaban J connectivity index is 1.82. The zero-order chi connectivity index (χ0) is 16.4. The summed E-state index contributed by atoms with van der Waals surface area (Å²) in [5.41, 5.74) is 2.85. The average Bonchev–Trinajstić information content (AvgIpc) is 2.54. The smallest absolute Gasteiger partial charge is 0.207 e. The normalized spacial score (nSPS) is 15.7. The first-order chi connectivity index (χ1) is 11.0. The third kappa shape index (κ3) is 3.51. The molecular weight excluding hydrogens is 313 g/mol. The van der Waals surface area contributed by atoms with Gasteiger partial charge in [-0.2, -0.15) is 0 Å². The molecular formula is C18H18FNO2S. The van der Waals surface area contributed by atoms with Crippen LogP contribution in [0.1, 0.15) is 36.1 Å². The van der Waals surface area contributed by atoms with Crippen LogP contribution in [0.2, 0.25) is 0 Å². The van der Waals surface area contributed by atoms with Crippen molar-refractivity contribution in [3.05, 3.63) is 75.9 Å². The molecule has 0 unspecified atom stereocenters. The van der Waals surface area contributed by atoms with Crippen molar-refractivity contribution < 1.29 is 12.8 Å². The Morgan fingerprint density at radius 3 is 2.48 bits per heavy atom. The van der Waals surface area contributed by atoms with Gasteiger partial charge >= 0.3 is 0 Å². The molecule has 0 fully saturated rings. The van der Waals surface area contributed by atoms with Crippen molar-refractivity contribution in [2.45, 2.75) is 25.8 Å². The Bertz CT molecular complexity index is 842. The molecule has 3 nitrogen and oxygen atoms in total. The number of hydrogen-bond acceptors (Lipinski definition) is 2. The maximum absolute atomic E-state index is 13.0. The summed E-state index contributed by atoms with van der Waals surface area (Å²) in [6, 6.07) is 13.2. The summed E-state index contributed by atoms with van der Waals surface area (Å²) in [6.45, 7) is 1.75. The fourth-order valence-electron chi connectivity index (χ4n) is 2.75. The molecule has 1 aliphatic carbocycles. The van der Waals surface area contributed by atoms with E-state index in [1.54, 1.807) is 25.1 Å². The molecule has 0 aliphatic heterocycles. The topological polar surface area (TPSA) is 46.2 Å². The van der Waals surface area contributed by atoms with Crippen molar-refractivity contribution in [2.75, 3.05) is 0 Å². The molecule has 0 spiro atoms. The second-order valence-corrected chi connectivity index (χ2v) is 7.47. The standard InChI is InChI=1S/C18H18FNO2S/c1-13(14-6-9-17(19)10-7-14)20-23(21,22)18-11-8-15-4-2-3-5-16(15)12-18/h2-7,9-10,12-13,20H,8,11H2,1H3/t13-/m1/s1. The van der Waals surface area contributed by atoms with Crippen LogP contribution in [0.5, 0.6) is 0 Å². The number of nitrogens with one attached hydrogen (secondary N) is 1. The molecule has 1 aliphatic rings. The third-order valence-electron chi connectivity index (χ3n) is 4.06. The Morgan fingerprint density at radius 2 is 1.74 bits per heavy atom. The summed E-state index contributed by atoms with van der Waals surface area (Å²) >= 11 is 0. The largest absolute Gasteiger partial charge is 0.237 e. The van der Waals surface area contributed by atoms with Gasteiger partial charge in [-0.05, 0) is 54.7 Å². The van der Waals surface area contributed by atoms with Crippen molar-refractivity contribution >= 4 is 16.1 Å². The number of sulfonamides is 1. The molecule has 120 valence electrons. The van der Waals surface area contributed by atoms with Crippen LogP contribution in [0.25, 0.3) is 6.08 Å². The van der Waals surface area contributed by atoms with E-state index in [0.717, 1.165) is 16.7 Å². The summed E-state index contributed by atoms with van der Waals surface area (Å²) in [4.78, 5) is 0.394. The minimum Gasteiger partial charge on any atom is -0.207 e. The van der Waals surface area contributed by atoms with E-state index < -0.39 is 16.1 Å². The Hall–Kier alpha value is -1.98. The highest BCUT2D eigenvalue weighted by molar-refractivity contribution is 7.93. The van der Waals surface area contributed by atoms with E-state index in [2.05, 4.69) is 4.72 Å². The summed E-state index contributed by atoms with van der Waals surface area (Å²) in [5.74, 6) is -0.338. The maximum atomic E-state index is 13.0.